The summed E-state index contributed by atoms with van der Waals surface area (Å²) in [6.45, 7) is 1.07. The van der Waals surface area contributed by atoms with E-state index in [1.54, 1.807) is 0 Å². The summed E-state index contributed by atoms with van der Waals surface area (Å²) in [6.07, 6.45) is 0. The van der Waals surface area contributed by atoms with E-state index in [9.17, 15) is 0 Å². The van der Waals surface area contributed by atoms with Gasteiger partial charge in [-0.3, -0.25) is 19.6 Å². The Balaban J connectivity index is 1.18. The summed E-state index contributed by atoms with van der Waals surface area (Å²) in [5, 5.41) is 0. The highest BCUT2D eigenvalue weighted by Gasteiger charge is 2.40. The summed E-state index contributed by atoms with van der Waals surface area (Å²) in [4.78, 5) is 39.4. The molecule has 12 nitrogen and oxygen atoms in total. The molecule has 254 valence electrons. The SMILES string of the molecule is CN1C2=Nc3cc4c(cc3N=C3N(C)c5ccccc5N3CN2c2ccccc21)N=C1N(C)c2ccccc2N1CN1C(=N4)N(C)c2ccccc21. The predicted molar refractivity (Wildman–Crippen MR) is 214 cm³/mol. The summed E-state index contributed by atoms with van der Waals surface area (Å²) in [5.74, 6) is 3.27. The Morgan fingerprint density at radius 3 is 0.769 bits per heavy atom. The average molecular weight is 683 g/mol. The lowest BCUT2D eigenvalue weighted by Crippen LogP contribution is -2.47. The zero-order chi connectivity index (χ0) is 34.8. The van der Waals surface area contributed by atoms with Crippen molar-refractivity contribution >= 4 is 92.1 Å². The van der Waals surface area contributed by atoms with Crippen LogP contribution in [0.15, 0.2) is 129 Å². The third kappa shape index (κ3) is 3.85. The van der Waals surface area contributed by atoms with Crippen LogP contribution in [0, 0.1) is 0 Å². The number of hydrogen-bond acceptors (Lipinski definition) is 12. The van der Waals surface area contributed by atoms with Crippen LogP contribution in [-0.4, -0.2) is 65.4 Å². The Hall–Kier alpha value is -6.82. The second kappa shape index (κ2) is 10.4. The fraction of sp³-hybridized carbons (Fsp3) is 0.150. The van der Waals surface area contributed by atoms with Crippen molar-refractivity contribution in [2.45, 2.75) is 0 Å². The van der Waals surface area contributed by atoms with Gasteiger partial charge in [-0.05, 0) is 60.7 Å². The Morgan fingerprint density at radius 2 is 0.538 bits per heavy atom. The molecule has 0 spiro atoms. The number of rotatable bonds is 0. The quantitative estimate of drug-likeness (QED) is 0.167. The van der Waals surface area contributed by atoms with E-state index in [0.717, 1.165) is 69.3 Å². The molecular weight excluding hydrogens is 649 g/mol. The van der Waals surface area contributed by atoms with Crippen LogP contribution >= 0.6 is 0 Å². The first-order valence-corrected chi connectivity index (χ1v) is 17.4. The first-order valence-electron chi connectivity index (χ1n) is 17.4. The van der Waals surface area contributed by atoms with Crippen LogP contribution in [0.2, 0.25) is 0 Å². The molecule has 5 aromatic carbocycles. The lowest BCUT2D eigenvalue weighted by Gasteiger charge is -2.28. The maximum Gasteiger partial charge on any atom is 0.212 e. The maximum absolute atomic E-state index is 5.42. The fourth-order valence-electron chi connectivity index (χ4n) is 8.22. The number of benzene rings is 5. The van der Waals surface area contributed by atoms with Gasteiger partial charge in [0.25, 0.3) is 0 Å². The van der Waals surface area contributed by atoms with Crippen molar-refractivity contribution in [1.82, 2.24) is 0 Å². The first kappa shape index (κ1) is 29.0. The second-order valence-electron chi connectivity index (χ2n) is 13.7. The summed E-state index contributed by atoms with van der Waals surface area (Å²) in [7, 11) is 8.32. The Morgan fingerprint density at radius 1 is 0.327 bits per heavy atom. The van der Waals surface area contributed by atoms with Crippen molar-refractivity contribution in [2.24, 2.45) is 20.0 Å². The van der Waals surface area contributed by atoms with Gasteiger partial charge in [0.15, 0.2) is 0 Å². The average Bonchev–Trinajstić information content (AvgIpc) is 3.81. The van der Waals surface area contributed by atoms with E-state index in [1.807, 2.05) is 0 Å². The highest BCUT2D eigenvalue weighted by Crippen LogP contribution is 2.49. The van der Waals surface area contributed by atoms with Gasteiger partial charge in [-0.1, -0.05) is 48.5 Å². The van der Waals surface area contributed by atoms with Gasteiger partial charge in [0.05, 0.1) is 68.2 Å². The molecular formula is C40H34N12. The van der Waals surface area contributed by atoms with Crippen molar-refractivity contribution in [3.05, 3.63) is 109 Å². The monoisotopic (exact) mass is 682 g/mol. The molecule has 11 rings (SSSR count). The molecule has 0 saturated carbocycles. The number of hydrogen-bond donors (Lipinski definition) is 0. The highest BCUT2D eigenvalue weighted by molar-refractivity contribution is 6.23. The minimum absolute atomic E-state index is 0.536. The van der Waals surface area contributed by atoms with Crippen LogP contribution in [0.25, 0.3) is 0 Å². The predicted octanol–water partition coefficient (Wildman–Crippen LogP) is 7.40. The molecule has 52 heavy (non-hydrogen) atoms. The topological polar surface area (TPSA) is 75.4 Å². The lowest BCUT2D eigenvalue weighted by atomic mass is 10.2. The molecule has 0 fully saturated rings. The number of aliphatic imine (C=N–C) groups is 4. The maximum atomic E-state index is 5.42. The summed E-state index contributed by atoms with van der Waals surface area (Å²) in [6, 6.07) is 38.0. The molecule has 0 amide bonds. The molecule has 6 heterocycles. The van der Waals surface area contributed by atoms with E-state index in [4.69, 9.17) is 20.0 Å². The standard InChI is InChI=1S/C40H34N12/c1-45-29-13-5-9-17-33(29)49-23-50-34-18-10-6-14-30(34)46(2)38(50)42-26-22-28-27(21-25(26)41-37(45)49)43-39-47(3)31-15-7-11-19-35(31)51(39)24-52-36-20-12-8-16-32(36)48(4)40(52)44-28/h5-22H,23-24H2,1-4H3. The van der Waals surface area contributed by atoms with E-state index in [1.165, 1.54) is 0 Å². The van der Waals surface area contributed by atoms with Crippen LogP contribution in [0.4, 0.5) is 68.2 Å². The molecule has 0 radical (unpaired) electrons. The van der Waals surface area contributed by atoms with E-state index in [2.05, 4.69) is 177 Å². The number of nitrogens with zero attached hydrogens (tertiary/aromatic N) is 12. The lowest BCUT2D eigenvalue weighted by molar-refractivity contribution is 0.977. The van der Waals surface area contributed by atoms with Gasteiger partial charge >= 0.3 is 0 Å². The van der Waals surface area contributed by atoms with Gasteiger partial charge in [-0.2, -0.15) is 0 Å². The van der Waals surface area contributed by atoms with Crippen molar-refractivity contribution < 1.29 is 0 Å². The third-order valence-electron chi connectivity index (χ3n) is 10.8. The zero-order valence-corrected chi connectivity index (χ0v) is 29.2. The van der Waals surface area contributed by atoms with Crippen LogP contribution < -0.4 is 39.2 Å². The summed E-state index contributed by atoms with van der Waals surface area (Å²) < 4.78 is 0. The van der Waals surface area contributed by atoms with E-state index in [0.29, 0.717) is 36.1 Å². The molecule has 0 bridgehead atoms. The second-order valence-corrected chi connectivity index (χ2v) is 13.7. The molecule has 0 aromatic heterocycles. The van der Waals surface area contributed by atoms with Gasteiger partial charge in [-0.15, -0.1) is 0 Å². The molecule has 6 aliphatic rings. The van der Waals surface area contributed by atoms with Crippen LogP contribution in [0.1, 0.15) is 0 Å². The normalized spacial score (nSPS) is 17.6. The Bertz CT molecular complexity index is 2160. The highest BCUT2D eigenvalue weighted by atomic mass is 15.5. The van der Waals surface area contributed by atoms with Gasteiger partial charge in [0.2, 0.25) is 23.8 Å². The molecule has 0 saturated heterocycles. The van der Waals surface area contributed by atoms with Gasteiger partial charge in [0, 0.05) is 28.2 Å². The number of anilines is 8. The van der Waals surface area contributed by atoms with Gasteiger partial charge in [-0.25, -0.2) is 20.0 Å². The van der Waals surface area contributed by atoms with Crippen LogP contribution in [0.3, 0.4) is 0 Å². The van der Waals surface area contributed by atoms with Crippen LogP contribution in [-0.2, 0) is 0 Å². The zero-order valence-electron chi connectivity index (χ0n) is 29.2. The molecule has 5 aromatic rings. The summed E-state index contributed by atoms with van der Waals surface area (Å²) in [5.41, 5.74) is 11.6. The number of para-hydroxylation sites is 8. The summed E-state index contributed by atoms with van der Waals surface area (Å²) >= 11 is 0. The van der Waals surface area contributed by atoms with E-state index >= 15 is 0 Å². The minimum atomic E-state index is 0.536. The Kier molecular flexibility index (Phi) is 5.77. The molecule has 0 atom stereocenters. The van der Waals surface area contributed by atoms with E-state index < -0.39 is 0 Å². The number of guanidine groups is 4. The van der Waals surface area contributed by atoms with E-state index in [-0.39, 0.29) is 0 Å². The van der Waals surface area contributed by atoms with Crippen molar-refractivity contribution in [1.29, 1.82) is 0 Å². The third-order valence-corrected chi connectivity index (χ3v) is 10.8. The minimum Gasteiger partial charge on any atom is -0.313 e. The largest absolute Gasteiger partial charge is 0.313 e. The molecule has 0 N–H and O–H groups in total. The van der Waals surface area contributed by atoms with Crippen molar-refractivity contribution in [3.63, 3.8) is 0 Å². The van der Waals surface area contributed by atoms with Crippen LogP contribution in [0.5, 0.6) is 0 Å². The number of fused-ring (bicyclic) bond motifs is 14. The molecule has 12 heteroatoms. The molecule has 0 unspecified atom stereocenters. The Labute approximate surface area is 301 Å². The fourth-order valence-corrected chi connectivity index (χ4v) is 8.22. The molecule has 0 aliphatic carbocycles. The van der Waals surface area contributed by atoms with Gasteiger partial charge < -0.3 is 19.6 Å². The molecule has 6 aliphatic heterocycles. The van der Waals surface area contributed by atoms with Crippen molar-refractivity contribution in [3.8, 4) is 0 Å². The van der Waals surface area contributed by atoms with Crippen molar-refractivity contribution in [2.75, 3.05) is 80.7 Å². The first-order chi connectivity index (χ1) is 25.4. The van der Waals surface area contributed by atoms with Gasteiger partial charge in [0.1, 0.15) is 13.3 Å². The smallest absolute Gasteiger partial charge is 0.212 e.